The smallest absolute Gasteiger partial charge is 0.131 e. The SMILES string of the molecule is C=C(C)[C@H]1CCC2=Cc3c(O)cc(/C=C/c4ccccc4)cc3OC2C1. The van der Waals surface area contributed by atoms with Crippen molar-refractivity contribution in [3.63, 3.8) is 0 Å². The summed E-state index contributed by atoms with van der Waals surface area (Å²) in [6.07, 6.45) is 9.39. The number of hydrogen-bond acceptors (Lipinski definition) is 2. The highest BCUT2D eigenvalue weighted by Crippen LogP contribution is 2.43. The molecule has 0 radical (unpaired) electrons. The van der Waals surface area contributed by atoms with Gasteiger partial charge in [0.1, 0.15) is 17.6 Å². The van der Waals surface area contributed by atoms with Crippen molar-refractivity contribution in [2.75, 3.05) is 0 Å². The van der Waals surface area contributed by atoms with Crippen LogP contribution in [0.4, 0.5) is 0 Å². The van der Waals surface area contributed by atoms with Crippen molar-refractivity contribution in [2.24, 2.45) is 5.92 Å². The van der Waals surface area contributed by atoms with E-state index in [2.05, 4.69) is 31.7 Å². The number of phenols is 1. The topological polar surface area (TPSA) is 29.5 Å². The zero-order valence-corrected chi connectivity index (χ0v) is 15.1. The monoisotopic (exact) mass is 344 g/mol. The second-order valence-electron chi connectivity index (χ2n) is 7.34. The van der Waals surface area contributed by atoms with Crippen LogP contribution in [0.1, 0.15) is 42.9 Å². The summed E-state index contributed by atoms with van der Waals surface area (Å²) in [5.41, 5.74) is 5.40. The molecular formula is C24H24O2. The van der Waals surface area contributed by atoms with E-state index in [-0.39, 0.29) is 11.9 Å². The van der Waals surface area contributed by atoms with E-state index in [0.717, 1.165) is 41.7 Å². The average Bonchev–Trinajstić information content (AvgIpc) is 2.65. The fraction of sp³-hybridized carbons (Fsp3) is 0.250. The van der Waals surface area contributed by atoms with E-state index in [1.807, 2.05) is 36.4 Å². The zero-order valence-electron chi connectivity index (χ0n) is 15.1. The molecule has 4 rings (SSSR count). The number of benzene rings is 2. The fourth-order valence-corrected chi connectivity index (χ4v) is 3.83. The Morgan fingerprint density at radius 2 is 1.92 bits per heavy atom. The number of aromatic hydroxyl groups is 1. The lowest BCUT2D eigenvalue weighted by atomic mass is 9.79. The minimum atomic E-state index is 0.103. The van der Waals surface area contributed by atoms with Gasteiger partial charge in [-0.25, -0.2) is 0 Å². The number of allylic oxidation sites excluding steroid dienone is 1. The molecule has 132 valence electrons. The van der Waals surface area contributed by atoms with Crippen LogP contribution in [-0.2, 0) is 0 Å². The molecular weight excluding hydrogens is 320 g/mol. The standard InChI is InChI=1S/C24H24O2/c1-16(2)19-10-11-20-14-21-22(25)12-18(13-24(21)26-23(20)15-19)9-8-17-6-4-3-5-7-17/h3-9,12-14,19,23,25H,1,10-11,15H2,2H3/b9-8+/t19-,23?/m0/s1. The van der Waals surface area contributed by atoms with Crippen molar-refractivity contribution in [2.45, 2.75) is 32.3 Å². The van der Waals surface area contributed by atoms with Crippen LogP contribution in [0.3, 0.4) is 0 Å². The molecule has 0 aromatic heterocycles. The number of hydrogen-bond donors (Lipinski definition) is 1. The minimum absolute atomic E-state index is 0.103. The number of fused-ring (bicyclic) bond motifs is 2. The second kappa shape index (κ2) is 6.87. The van der Waals surface area contributed by atoms with Crippen LogP contribution in [-0.4, -0.2) is 11.2 Å². The quantitative estimate of drug-likeness (QED) is 0.540. The first-order valence-corrected chi connectivity index (χ1v) is 9.23. The van der Waals surface area contributed by atoms with E-state index in [1.54, 1.807) is 6.07 Å². The van der Waals surface area contributed by atoms with Crippen LogP contribution in [0.15, 0.2) is 60.2 Å². The van der Waals surface area contributed by atoms with Gasteiger partial charge < -0.3 is 9.84 Å². The normalized spacial score (nSPS) is 21.5. The summed E-state index contributed by atoms with van der Waals surface area (Å²) < 4.78 is 6.29. The molecule has 2 aromatic carbocycles. The van der Waals surface area contributed by atoms with Gasteiger partial charge in [-0.3, -0.25) is 0 Å². The lowest BCUT2D eigenvalue weighted by molar-refractivity contribution is 0.178. The van der Waals surface area contributed by atoms with Gasteiger partial charge in [0.25, 0.3) is 0 Å². The predicted octanol–water partition coefficient (Wildman–Crippen LogP) is 6.08. The van der Waals surface area contributed by atoms with E-state index in [9.17, 15) is 5.11 Å². The van der Waals surface area contributed by atoms with Crippen LogP contribution < -0.4 is 4.74 Å². The third-order valence-corrected chi connectivity index (χ3v) is 5.40. The van der Waals surface area contributed by atoms with Crippen LogP contribution in [0.25, 0.3) is 18.2 Å². The second-order valence-corrected chi connectivity index (χ2v) is 7.34. The summed E-state index contributed by atoms with van der Waals surface area (Å²) in [5, 5.41) is 10.5. The molecule has 2 nitrogen and oxygen atoms in total. The van der Waals surface area contributed by atoms with Gasteiger partial charge in [0, 0.05) is 0 Å². The largest absolute Gasteiger partial charge is 0.507 e. The highest BCUT2D eigenvalue weighted by molar-refractivity contribution is 5.76. The molecule has 26 heavy (non-hydrogen) atoms. The summed E-state index contributed by atoms with van der Waals surface area (Å²) in [6, 6.07) is 14.0. The molecule has 1 unspecified atom stereocenters. The Morgan fingerprint density at radius 3 is 2.69 bits per heavy atom. The maximum atomic E-state index is 10.5. The fourth-order valence-electron chi connectivity index (χ4n) is 3.83. The van der Waals surface area contributed by atoms with Crippen molar-refractivity contribution in [1.82, 2.24) is 0 Å². The van der Waals surface area contributed by atoms with E-state index in [1.165, 1.54) is 11.1 Å². The summed E-state index contributed by atoms with van der Waals surface area (Å²) in [5.74, 6) is 1.57. The Morgan fingerprint density at radius 1 is 1.15 bits per heavy atom. The highest BCUT2D eigenvalue weighted by Gasteiger charge is 2.31. The van der Waals surface area contributed by atoms with Gasteiger partial charge in [0.15, 0.2) is 0 Å². The predicted molar refractivity (Wildman–Crippen MR) is 108 cm³/mol. The molecule has 0 bridgehead atoms. The molecule has 0 saturated heterocycles. The Balaban J connectivity index is 1.62. The van der Waals surface area contributed by atoms with Gasteiger partial charge in [-0.05, 0) is 67.0 Å². The summed E-state index contributed by atoms with van der Waals surface area (Å²) in [6.45, 7) is 6.22. The first kappa shape index (κ1) is 16.7. The molecule has 1 heterocycles. The molecule has 1 saturated carbocycles. The lowest BCUT2D eigenvalue weighted by Crippen LogP contribution is -2.30. The Hall–Kier alpha value is -2.74. The van der Waals surface area contributed by atoms with Gasteiger partial charge in [-0.15, -0.1) is 0 Å². The number of rotatable bonds is 3. The van der Waals surface area contributed by atoms with Crippen molar-refractivity contribution in [3.05, 3.63) is 76.9 Å². The lowest BCUT2D eigenvalue weighted by Gasteiger charge is -2.35. The van der Waals surface area contributed by atoms with E-state index >= 15 is 0 Å². The number of phenolic OH excluding ortho intramolecular Hbond substituents is 1. The Labute approximate surface area is 155 Å². The number of ether oxygens (including phenoxy) is 1. The zero-order chi connectivity index (χ0) is 18.1. The Kier molecular flexibility index (Phi) is 4.42. The Bertz CT molecular complexity index is 890. The molecule has 2 aliphatic rings. The average molecular weight is 344 g/mol. The van der Waals surface area contributed by atoms with Crippen LogP contribution in [0.5, 0.6) is 11.5 Å². The van der Waals surface area contributed by atoms with Crippen LogP contribution >= 0.6 is 0 Å². The molecule has 1 fully saturated rings. The van der Waals surface area contributed by atoms with Crippen molar-refractivity contribution in [1.29, 1.82) is 0 Å². The first-order valence-electron chi connectivity index (χ1n) is 9.23. The molecule has 2 heteroatoms. The van der Waals surface area contributed by atoms with Crippen LogP contribution in [0, 0.1) is 5.92 Å². The van der Waals surface area contributed by atoms with Gasteiger partial charge in [0.2, 0.25) is 0 Å². The highest BCUT2D eigenvalue weighted by atomic mass is 16.5. The summed E-state index contributed by atoms with van der Waals surface area (Å²) in [7, 11) is 0. The van der Waals surface area contributed by atoms with E-state index < -0.39 is 0 Å². The summed E-state index contributed by atoms with van der Waals surface area (Å²) in [4.78, 5) is 0. The minimum Gasteiger partial charge on any atom is -0.507 e. The maximum Gasteiger partial charge on any atom is 0.131 e. The van der Waals surface area contributed by atoms with Gasteiger partial charge in [-0.2, -0.15) is 0 Å². The molecule has 1 aliphatic heterocycles. The molecule has 2 aromatic rings. The summed E-state index contributed by atoms with van der Waals surface area (Å²) >= 11 is 0. The maximum absolute atomic E-state index is 10.5. The van der Waals surface area contributed by atoms with Crippen LogP contribution in [0.2, 0.25) is 0 Å². The van der Waals surface area contributed by atoms with Gasteiger partial charge in [-0.1, -0.05) is 54.6 Å². The van der Waals surface area contributed by atoms with Crippen molar-refractivity contribution in [3.8, 4) is 11.5 Å². The van der Waals surface area contributed by atoms with Gasteiger partial charge in [0.05, 0.1) is 5.56 Å². The van der Waals surface area contributed by atoms with Crippen molar-refractivity contribution < 1.29 is 9.84 Å². The van der Waals surface area contributed by atoms with E-state index in [4.69, 9.17) is 4.74 Å². The molecule has 1 N–H and O–H groups in total. The van der Waals surface area contributed by atoms with Gasteiger partial charge >= 0.3 is 0 Å². The first-order chi connectivity index (χ1) is 12.6. The third kappa shape index (κ3) is 3.32. The van der Waals surface area contributed by atoms with E-state index in [0.29, 0.717) is 5.92 Å². The third-order valence-electron chi connectivity index (χ3n) is 5.40. The molecule has 1 aliphatic carbocycles. The van der Waals surface area contributed by atoms with Crippen molar-refractivity contribution >= 4 is 18.2 Å². The molecule has 0 amide bonds. The molecule has 2 atom stereocenters. The molecule has 0 spiro atoms.